The van der Waals surface area contributed by atoms with Gasteiger partial charge in [0.1, 0.15) is 23.1 Å². The molecular weight excluding hydrogens is 437 g/mol. The Labute approximate surface area is 196 Å². The van der Waals surface area contributed by atoms with Gasteiger partial charge in [0.15, 0.2) is 0 Å². The second kappa shape index (κ2) is 9.79. The van der Waals surface area contributed by atoms with Crippen LogP contribution in [0.3, 0.4) is 0 Å². The quantitative estimate of drug-likeness (QED) is 0.296. The molecule has 0 bridgehead atoms. The molecular formula is C27H24FNO5. The first kappa shape index (κ1) is 23.0. The highest BCUT2D eigenvalue weighted by Crippen LogP contribution is 2.42. The number of halogens is 1. The number of carbonyl (C=O) groups is 2. The number of anilines is 1. The van der Waals surface area contributed by atoms with Crippen molar-refractivity contribution in [3.8, 4) is 11.5 Å². The van der Waals surface area contributed by atoms with Gasteiger partial charge in [0.05, 0.1) is 25.3 Å². The lowest BCUT2D eigenvalue weighted by Crippen LogP contribution is -2.29. The van der Waals surface area contributed by atoms with E-state index in [1.165, 1.54) is 36.3 Å². The largest absolute Gasteiger partial charge is 0.507 e. The molecule has 1 N–H and O–H groups in total. The smallest absolute Gasteiger partial charge is 0.300 e. The van der Waals surface area contributed by atoms with Crippen LogP contribution in [0.2, 0.25) is 0 Å². The van der Waals surface area contributed by atoms with Crippen molar-refractivity contribution in [3.05, 3.63) is 95.3 Å². The number of aliphatic hydroxyl groups excluding tert-OH is 1. The molecule has 174 valence electrons. The summed E-state index contributed by atoms with van der Waals surface area (Å²) in [6.07, 6.45) is 0.813. The molecule has 7 heteroatoms. The second-order valence-corrected chi connectivity index (χ2v) is 7.79. The SMILES string of the molecule is CCCOc1cccc(/C(O)=C2/C(=O)C(=O)N(c3ccc(OC)cc3)C2c2ccc(F)cc2)c1. The number of aliphatic hydroxyl groups is 1. The number of ketones is 1. The first-order valence-electron chi connectivity index (χ1n) is 10.9. The van der Waals surface area contributed by atoms with Crippen molar-refractivity contribution in [2.24, 2.45) is 0 Å². The van der Waals surface area contributed by atoms with E-state index in [0.29, 0.717) is 34.9 Å². The molecule has 0 saturated carbocycles. The Hall–Kier alpha value is -4.13. The van der Waals surface area contributed by atoms with E-state index in [1.54, 1.807) is 48.5 Å². The summed E-state index contributed by atoms with van der Waals surface area (Å²) in [5, 5.41) is 11.2. The topological polar surface area (TPSA) is 76.1 Å². The van der Waals surface area contributed by atoms with Gasteiger partial charge in [-0.15, -0.1) is 0 Å². The van der Waals surface area contributed by atoms with Gasteiger partial charge in [-0.3, -0.25) is 14.5 Å². The van der Waals surface area contributed by atoms with Crippen LogP contribution in [0.4, 0.5) is 10.1 Å². The third-order valence-electron chi connectivity index (χ3n) is 5.56. The fourth-order valence-corrected chi connectivity index (χ4v) is 3.91. The summed E-state index contributed by atoms with van der Waals surface area (Å²) in [5.74, 6) is -1.28. The van der Waals surface area contributed by atoms with Gasteiger partial charge in [0.2, 0.25) is 0 Å². The minimum absolute atomic E-state index is 0.0833. The standard InChI is InChI=1S/C27H24FNO5/c1-3-15-34-22-6-4-5-18(16-22)25(30)23-24(17-7-9-19(28)10-8-17)29(27(32)26(23)31)20-11-13-21(33-2)14-12-20/h4-14,16,24,30H,3,15H2,1-2H3/b25-23-. The predicted octanol–water partition coefficient (Wildman–Crippen LogP) is 5.25. The monoisotopic (exact) mass is 461 g/mol. The molecule has 3 aromatic rings. The normalized spacial score (nSPS) is 17.1. The van der Waals surface area contributed by atoms with Crippen LogP contribution in [0.15, 0.2) is 78.4 Å². The van der Waals surface area contributed by atoms with Crippen LogP contribution >= 0.6 is 0 Å². The lowest BCUT2D eigenvalue weighted by Gasteiger charge is -2.25. The first-order chi connectivity index (χ1) is 16.4. The van der Waals surface area contributed by atoms with E-state index in [0.717, 1.165) is 6.42 Å². The predicted molar refractivity (Wildman–Crippen MR) is 126 cm³/mol. The maximum absolute atomic E-state index is 13.7. The zero-order valence-corrected chi connectivity index (χ0v) is 18.8. The Balaban J connectivity index is 1.87. The maximum atomic E-state index is 13.7. The highest BCUT2D eigenvalue weighted by Gasteiger charge is 2.47. The number of rotatable bonds is 7. The van der Waals surface area contributed by atoms with E-state index in [4.69, 9.17) is 9.47 Å². The Morgan fingerprint density at radius 2 is 1.71 bits per heavy atom. The van der Waals surface area contributed by atoms with Gasteiger partial charge in [-0.2, -0.15) is 0 Å². The van der Waals surface area contributed by atoms with Crippen molar-refractivity contribution < 1.29 is 28.6 Å². The number of methoxy groups -OCH3 is 1. The van der Waals surface area contributed by atoms with Gasteiger partial charge in [-0.25, -0.2) is 4.39 Å². The highest BCUT2D eigenvalue weighted by atomic mass is 19.1. The minimum atomic E-state index is -0.950. The zero-order valence-electron chi connectivity index (χ0n) is 18.8. The third kappa shape index (κ3) is 4.37. The molecule has 6 nitrogen and oxygen atoms in total. The molecule has 1 unspecified atom stereocenters. The average Bonchev–Trinajstić information content (AvgIpc) is 3.13. The van der Waals surface area contributed by atoms with Crippen LogP contribution in [-0.2, 0) is 9.59 Å². The van der Waals surface area contributed by atoms with Crippen LogP contribution in [0, 0.1) is 5.82 Å². The first-order valence-corrected chi connectivity index (χ1v) is 10.9. The van der Waals surface area contributed by atoms with E-state index >= 15 is 0 Å². The average molecular weight is 461 g/mol. The summed E-state index contributed by atoms with van der Waals surface area (Å²) in [4.78, 5) is 27.7. The fraction of sp³-hybridized carbons (Fsp3) is 0.185. The van der Waals surface area contributed by atoms with E-state index in [2.05, 4.69) is 0 Å². The number of nitrogens with zero attached hydrogens (tertiary/aromatic N) is 1. The summed E-state index contributed by atoms with van der Waals surface area (Å²) in [6.45, 7) is 2.48. The van der Waals surface area contributed by atoms with Gasteiger partial charge < -0.3 is 14.6 Å². The number of carbonyl (C=O) groups excluding carboxylic acids is 2. The summed E-state index contributed by atoms with van der Waals surface area (Å²) in [5.41, 5.74) is 1.18. The number of Topliss-reactive ketones (excluding diaryl/α,β-unsaturated/α-hetero) is 1. The molecule has 1 saturated heterocycles. The van der Waals surface area contributed by atoms with E-state index in [-0.39, 0.29) is 11.3 Å². The third-order valence-corrected chi connectivity index (χ3v) is 5.56. The minimum Gasteiger partial charge on any atom is -0.507 e. The molecule has 1 amide bonds. The van der Waals surface area contributed by atoms with Gasteiger partial charge >= 0.3 is 0 Å². The molecule has 1 atom stereocenters. The Kier molecular flexibility index (Phi) is 6.63. The van der Waals surface area contributed by atoms with E-state index in [9.17, 15) is 19.1 Å². The van der Waals surface area contributed by atoms with Crippen molar-refractivity contribution in [3.63, 3.8) is 0 Å². The molecule has 3 aromatic carbocycles. The second-order valence-electron chi connectivity index (χ2n) is 7.79. The molecule has 4 rings (SSSR count). The number of ether oxygens (including phenoxy) is 2. The summed E-state index contributed by atoms with van der Waals surface area (Å²) in [7, 11) is 1.53. The van der Waals surface area contributed by atoms with E-state index < -0.39 is 23.5 Å². The molecule has 34 heavy (non-hydrogen) atoms. The van der Waals surface area contributed by atoms with Crippen LogP contribution in [0.1, 0.15) is 30.5 Å². The van der Waals surface area contributed by atoms with Crippen molar-refractivity contribution in [1.29, 1.82) is 0 Å². The molecule has 1 aliphatic heterocycles. The molecule has 0 spiro atoms. The Morgan fingerprint density at radius 3 is 2.35 bits per heavy atom. The molecule has 0 aliphatic carbocycles. The molecule has 0 radical (unpaired) electrons. The van der Waals surface area contributed by atoms with Gasteiger partial charge in [0.25, 0.3) is 11.7 Å². The van der Waals surface area contributed by atoms with Crippen molar-refractivity contribution >= 4 is 23.1 Å². The van der Waals surface area contributed by atoms with Crippen molar-refractivity contribution in [1.82, 2.24) is 0 Å². The van der Waals surface area contributed by atoms with Gasteiger partial charge in [0, 0.05) is 11.3 Å². The van der Waals surface area contributed by atoms with Gasteiger partial charge in [-0.05, 0) is 60.5 Å². The zero-order chi connectivity index (χ0) is 24.2. The van der Waals surface area contributed by atoms with Crippen molar-refractivity contribution in [2.45, 2.75) is 19.4 Å². The lowest BCUT2D eigenvalue weighted by atomic mass is 9.95. The number of hydrogen-bond donors (Lipinski definition) is 1. The molecule has 0 aromatic heterocycles. The van der Waals surface area contributed by atoms with Crippen LogP contribution in [0.5, 0.6) is 11.5 Å². The maximum Gasteiger partial charge on any atom is 0.300 e. The van der Waals surface area contributed by atoms with E-state index in [1.807, 2.05) is 6.92 Å². The fourth-order valence-electron chi connectivity index (χ4n) is 3.91. The number of benzene rings is 3. The summed E-state index contributed by atoms with van der Waals surface area (Å²) < 4.78 is 24.5. The Morgan fingerprint density at radius 1 is 1.00 bits per heavy atom. The molecule has 1 fully saturated rings. The van der Waals surface area contributed by atoms with Crippen molar-refractivity contribution in [2.75, 3.05) is 18.6 Å². The van der Waals surface area contributed by atoms with Crippen LogP contribution in [0.25, 0.3) is 5.76 Å². The summed E-state index contributed by atoms with van der Waals surface area (Å²) >= 11 is 0. The molecule has 1 heterocycles. The van der Waals surface area contributed by atoms with Crippen LogP contribution < -0.4 is 14.4 Å². The molecule has 1 aliphatic rings. The number of amides is 1. The lowest BCUT2D eigenvalue weighted by molar-refractivity contribution is -0.132. The van der Waals surface area contributed by atoms with Gasteiger partial charge in [-0.1, -0.05) is 31.2 Å². The Bertz CT molecular complexity index is 1230. The highest BCUT2D eigenvalue weighted by molar-refractivity contribution is 6.51. The van der Waals surface area contributed by atoms with Crippen LogP contribution in [-0.4, -0.2) is 30.5 Å². The number of hydrogen-bond acceptors (Lipinski definition) is 5. The summed E-state index contributed by atoms with van der Waals surface area (Å²) in [6, 6.07) is 17.9.